The molecule has 0 aromatic carbocycles. The van der Waals surface area contributed by atoms with Crippen molar-refractivity contribution in [3.8, 4) is 0 Å². The summed E-state index contributed by atoms with van der Waals surface area (Å²) in [6.45, 7) is 4.95. The smallest absolute Gasteiger partial charge is 0.313 e. The molecular weight excluding hydrogens is 260 g/mol. The van der Waals surface area contributed by atoms with E-state index in [2.05, 4.69) is 5.32 Å². The Kier molecular flexibility index (Phi) is 6.46. The van der Waals surface area contributed by atoms with Crippen LogP contribution in [0.25, 0.3) is 0 Å². The molecule has 0 aliphatic heterocycles. The summed E-state index contributed by atoms with van der Waals surface area (Å²) in [5.74, 6) is -3.50. The summed E-state index contributed by atoms with van der Waals surface area (Å²) in [6.07, 6.45) is -10.2. The Balaban J connectivity index is 5.11. The van der Waals surface area contributed by atoms with Crippen molar-refractivity contribution in [1.82, 2.24) is 5.32 Å². The van der Waals surface area contributed by atoms with Gasteiger partial charge < -0.3 is 5.32 Å². The summed E-state index contributed by atoms with van der Waals surface area (Å²) in [7, 11) is 0. The van der Waals surface area contributed by atoms with Crippen LogP contribution in [0.5, 0.6) is 0 Å². The first-order valence-electron chi connectivity index (χ1n) is 5.90. The third kappa shape index (κ3) is 5.46. The van der Waals surface area contributed by atoms with Gasteiger partial charge in [-0.3, -0.25) is 0 Å². The predicted molar refractivity (Wildman–Crippen MR) is 57.1 cm³/mol. The molecule has 2 unspecified atom stereocenters. The van der Waals surface area contributed by atoms with E-state index in [4.69, 9.17) is 0 Å². The van der Waals surface area contributed by atoms with Crippen molar-refractivity contribution < 1.29 is 26.3 Å². The topological polar surface area (TPSA) is 12.0 Å². The molecule has 0 aromatic heterocycles. The van der Waals surface area contributed by atoms with Crippen LogP contribution < -0.4 is 5.32 Å². The molecule has 0 aliphatic carbocycles. The van der Waals surface area contributed by atoms with E-state index in [9.17, 15) is 26.3 Å². The van der Waals surface area contributed by atoms with E-state index in [0.717, 1.165) is 0 Å². The Hall–Kier alpha value is -0.460. The van der Waals surface area contributed by atoms with Crippen LogP contribution in [0.3, 0.4) is 0 Å². The molecule has 18 heavy (non-hydrogen) atoms. The van der Waals surface area contributed by atoms with E-state index in [0.29, 0.717) is 6.42 Å². The van der Waals surface area contributed by atoms with Gasteiger partial charge in [-0.05, 0) is 18.9 Å². The quantitative estimate of drug-likeness (QED) is 0.720. The molecule has 0 heterocycles. The molecule has 0 radical (unpaired) electrons. The summed E-state index contributed by atoms with van der Waals surface area (Å²) in [5.41, 5.74) is 0. The van der Waals surface area contributed by atoms with Gasteiger partial charge in [0.2, 0.25) is 0 Å². The van der Waals surface area contributed by atoms with E-state index < -0.39 is 24.3 Å². The van der Waals surface area contributed by atoms with Crippen LogP contribution >= 0.6 is 0 Å². The van der Waals surface area contributed by atoms with Crippen molar-refractivity contribution in [3.63, 3.8) is 0 Å². The summed E-state index contributed by atoms with van der Waals surface area (Å²) in [6, 6.07) is -1.62. The molecule has 0 bridgehead atoms. The summed E-state index contributed by atoms with van der Waals surface area (Å²) >= 11 is 0. The fourth-order valence-electron chi connectivity index (χ4n) is 1.84. The van der Waals surface area contributed by atoms with E-state index in [1.54, 1.807) is 13.8 Å². The minimum atomic E-state index is -5.28. The van der Waals surface area contributed by atoms with Crippen molar-refractivity contribution in [2.75, 3.05) is 6.54 Å². The highest BCUT2D eigenvalue weighted by molar-refractivity contribution is 4.87. The fourth-order valence-corrected chi connectivity index (χ4v) is 1.84. The maximum atomic E-state index is 12.6. The molecule has 0 amide bonds. The highest BCUT2D eigenvalue weighted by atomic mass is 19.4. The Morgan fingerprint density at radius 1 is 0.944 bits per heavy atom. The molecule has 110 valence electrons. The van der Waals surface area contributed by atoms with E-state index in [-0.39, 0.29) is 18.9 Å². The van der Waals surface area contributed by atoms with Crippen molar-refractivity contribution in [2.24, 2.45) is 11.8 Å². The number of halogens is 6. The maximum absolute atomic E-state index is 12.6. The highest BCUT2D eigenvalue weighted by Crippen LogP contribution is 2.42. The maximum Gasteiger partial charge on any atom is 0.401 e. The molecule has 0 fully saturated rings. The zero-order chi connectivity index (χ0) is 14.6. The first-order chi connectivity index (χ1) is 8.04. The van der Waals surface area contributed by atoms with Crippen LogP contribution in [0.4, 0.5) is 26.3 Å². The minimum absolute atomic E-state index is 0.0732. The van der Waals surface area contributed by atoms with Gasteiger partial charge in [0, 0.05) is 6.04 Å². The summed E-state index contributed by atoms with van der Waals surface area (Å²) in [4.78, 5) is 0. The molecule has 0 spiro atoms. The number of rotatable bonds is 6. The lowest BCUT2D eigenvalue weighted by atomic mass is 9.89. The fraction of sp³-hybridized carbons (Fsp3) is 1.00. The second-order valence-corrected chi connectivity index (χ2v) is 4.47. The first kappa shape index (κ1) is 17.5. The summed E-state index contributed by atoms with van der Waals surface area (Å²) < 4.78 is 75.5. The van der Waals surface area contributed by atoms with E-state index >= 15 is 0 Å². The Morgan fingerprint density at radius 3 is 1.67 bits per heavy atom. The molecule has 2 atom stereocenters. The van der Waals surface area contributed by atoms with Gasteiger partial charge in [-0.1, -0.05) is 27.2 Å². The molecule has 7 heteroatoms. The van der Waals surface area contributed by atoms with Gasteiger partial charge in [0.15, 0.2) is 5.92 Å². The van der Waals surface area contributed by atoms with Crippen molar-refractivity contribution >= 4 is 0 Å². The van der Waals surface area contributed by atoms with Gasteiger partial charge in [0.25, 0.3) is 0 Å². The zero-order valence-corrected chi connectivity index (χ0v) is 10.6. The Bertz CT molecular complexity index is 221. The third-order valence-electron chi connectivity index (χ3n) is 2.93. The first-order valence-corrected chi connectivity index (χ1v) is 5.90. The van der Waals surface area contributed by atoms with Crippen LogP contribution in [0.15, 0.2) is 0 Å². The number of hydrogen-bond acceptors (Lipinski definition) is 1. The molecule has 0 aliphatic rings. The minimum Gasteiger partial charge on any atom is -0.313 e. The normalized spacial score (nSPS) is 17.0. The lowest BCUT2D eigenvalue weighted by molar-refractivity contribution is -0.292. The molecule has 1 N–H and O–H groups in total. The molecular formula is C11H19F6N. The van der Waals surface area contributed by atoms with Gasteiger partial charge in [-0.2, -0.15) is 26.3 Å². The Labute approximate surface area is 103 Å². The van der Waals surface area contributed by atoms with Crippen molar-refractivity contribution in [2.45, 2.75) is 52.0 Å². The van der Waals surface area contributed by atoms with Gasteiger partial charge in [-0.25, -0.2) is 0 Å². The van der Waals surface area contributed by atoms with Crippen LogP contribution in [-0.2, 0) is 0 Å². The van der Waals surface area contributed by atoms with E-state index in [1.165, 1.54) is 6.92 Å². The van der Waals surface area contributed by atoms with Gasteiger partial charge in [0.1, 0.15) is 0 Å². The van der Waals surface area contributed by atoms with Crippen LogP contribution in [0, 0.1) is 11.8 Å². The molecule has 1 nitrogen and oxygen atoms in total. The van der Waals surface area contributed by atoms with Crippen molar-refractivity contribution in [3.05, 3.63) is 0 Å². The average molecular weight is 279 g/mol. The molecule has 0 rings (SSSR count). The SMILES string of the molecule is CCNC(CC(C)CC)C(C(F)(F)F)C(F)(F)F. The van der Waals surface area contributed by atoms with Crippen LogP contribution in [0.2, 0.25) is 0 Å². The number of alkyl halides is 6. The summed E-state index contributed by atoms with van der Waals surface area (Å²) in [5, 5.41) is 2.32. The van der Waals surface area contributed by atoms with Gasteiger partial charge >= 0.3 is 12.4 Å². The predicted octanol–water partition coefficient (Wildman–Crippen LogP) is 4.14. The van der Waals surface area contributed by atoms with Crippen LogP contribution in [-0.4, -0.2) is 24.9 Å². The number of hydrogen-bond donors (Lipinski definition) is 1. The zero-order valence-electron chi connectivity index (χ0n) is 10.6. The standard InChI is InChI=1S/C11H19F6N/c1-4-7(3)6-8(18-5-2)9(10(12,13)14)11(15,16)17/h7-9,18H,4-6H2,1-3H3. The highest BCUT2D eigenvalue weighted by Gasteiger charge is 2.59. The van der Waals surface area contributed by atoms with E-state index in [1.807, 2.05) is 0 Å². The lowest BCUT2D eigenvalue weighted by Crippen LogP contribution is -2.51. The monoisotopic (exact) mass is 279 g/mol. The largest absolute Gasteiger partial charge is 0.401 e. The second kappa shape index (κ2) is 6.63. The van der Waals surface area contributed by atoms with Gasteiger partial charge in [-0.15, -0.1) is 0 Å². The van der Waals surface area contributed by atoms with Crippen molar-refractivity contribution in [1.29, 1.82) is 0 Å². The molecule has 0 saturated carbocycles. The third-order valence-corrected chi connectivity index (χ3v) is 2.93. The van der Waals surface area contributed by atoms with Crippen LogP contribution in [0.1, 0.15) is 33.6 Å². The molecule has 0 saturated heterocycles. The van der Waals surface area contributed by atoms with Gasteiger partial charge in [0.05, 0.1) is 0 Å². The Morgan fingerprint density at radius 2 is 1.39 bits per heavy atom. The average Bonchev–Trinajstić information content (AvgIpc) is 2.13. The molecule has 0 aromatic rings. The second-order valence-electron chi connectivity index (χ2n) is 4.47. The number of nitrogens with one attached hydrogen (secondary N) is 1. The lowest BCUT2D eigenvalue weighted by Gasteiger charge is -2.32.